The SMILES string of the molecule is N#CCCCN1CCN(c2csc3cc(F)ccc23)CC1. The van der Waals surface area contributed by atoms with Crippen molar-refractivity contribution in [3.8, 4) is 6.07 Å². The van der Waals surface area contributed by atoms with Crippen LogP contribution < -0.4 is 4.90 Å². The standard InChI is InChI=1S/C16H18FN3S/c17-13-3-4-14-15(12-21-16(14)11-13)20-9-7-19(8-10-20)6-2-1-5-18/h3-4,11-12H,1-2,6-10H2. The van der Waals surface area contributed by atoms with Crippen molar-refractivity contribution in [3.05, 3.63) is 29.4 Å². The Bertz CT molecular complexity index is 653. The second kappa shape index (κ2) is 6.42. The van der Waals surface area contributed by atoms with Gasteiger partial charge in [0.15, 0.2) is 0 Å². The Hall–Kier alpha value is -1.64. The summed E-state index contributed by atoms with van der Waals surface area (Å²) in [6, 6.07) is 7.23. The van der Waals surface area contributed by atoms with Crippen molar-refractivity contribution in [3.63, 3.8) is 0 Å². The van der Waals surface area contributed by atoms with E-state index >= 15 is 0 Å². The van der Waals surface area contributed by atoms with Crippen molar-refractivity contribution in [2.45, 2.75) is 12.8 Å². The van der Waals surface area contributed by atoms with Gasteiger partial charge in [0, 0.05) is 48.1 Å². The van der Waals surface area contributed by atoms with E-state index in [2.05, 4.69) is 21.2 Å². The summed E-state index contributed by atoms with van der Waals surface area (Å²) in [6.45, 7) is 5.07. The zero-order valence-electron chi connectivity index (χ0n) is 11.9. The Labute approximate surface area is 128 Å². The lowest BCUT2D eigenvalue weighted by atomic mass is 10.2. The Kier molecular flexibility index (Phi) is 4.37. The van der Waals surface area contributed by atoms with Gasteiger partial charge in [0.1, 0.15) is 5.82 Å². The highest BCUT2D eigenvalue weighted by atomic mass is 32.1. The first-order chi connectivity index (χ1) is 10.3. The van der Waals surface area contributed by atoms with Crippen LogP contribution in [0.1, 0.15) is 12.8 Å². The Morgan fingerprint density at radius 3 is 2.81 bits per heavy atom. The summed E-state index contributed by atoms with van der Waals surface area (Å²) in [5.41, 5.74) is 1.23. The largest absolute Gasteiger partial charge is 0.368 e. The highest BCUT2D eigenvalue weighted by Crippen LogP contribution is 2.33. The van der Waals surface area contributed by atoms with E-state index in [1.165, 1.54) is 11.8 Å². The van der Waals surface area contributed by atoms with E-state index in [4.69, 9.17) is 5.26 Å². The van der Waals surface area contributed by atoms with Gasteiger partial charge < -0.3 is 4.90 Å². The summed E-state index contributed by atoms with van der Waals surface area (Å²) in [7, 11) is 0. The molecular weight excluding hydrogens is 285 g/mol. The fourth-order valence-corrected chi connectivity index (χ4v) is 3.82. The van der Waals surface area contributed by atoms with Gasteiger partial charge in [-0.1, -0.05) is 0 Å². The second-order valence-electron chi connectivity index (χ2n) is 5.35. The molecule has 2 heterocycles. The lowest BCUT2D eigenvalue weighted by Crippen LogP contribution is -2.46. The third-order valence-electron chi connectivity index (χ3n) is 3.99. The minimum Gasteiger partial charge on any atom is -0.368 e. The van der Waals surface area contributed by atoms with Crippen LogP contribution in [0.5, 0.6) is 0 Å². The van der Waals surface area contributed by atoms with E-state index in [9.17, 15) is 4.39 Å². The molecule has 110 valence electrons. The van der Waals surface area contributed by atoms with Crippen LogP contribution in [0, 0.1) is 17.1 Å². The third-order valence-corrected chi connectivity index (χ3v) is 4.93. The maximum Gasteiger partial charge on any atom is 0.124 e. The number of benzene rings is 1. The van der Waals surface area contributed by atoms with E-state index in [1.807, 2.05) is 6.07 Å². The van der Waals surface area contributed by atoms with Crippen molar-refractivity contribution < 1.29 is 4.39 Å². The van der Waals surface area contributed by atoms with Gasteiger partial charge >= 0.3 is 0 Å². The molecule has 3 rings (SSSR count). The number of hydrogen-bond donors (Lipinski definition) is 0. The summed E-state index contributed by atoms with van der Waals surface area (Å²) in [6.07, 6.45) is 1.60. The molecule has 0 saturated carbocycles. The lowest BCUT2D eigenvalue weighted by Gasteiger charge is -2.35. The van der Waals surface area contributed by atoms with Gasteiger partial charge in [-0.2, -0.15) is 5.26 Å². The lowest BCUT2D eigenvalue weighted by molar-refractivity contribution is 0.256. The molecule has 0 bridgehead atoms. The molecule has 5 heteroatoms. The Morgan fingerprint density at radius 2 is 2.05 bits per heavy atom. The topological polar surface area (TPSA) is 30.3 Å². The summed E-state index contributed by atoms with van der Waals surface area (Å²) in [5, 5.41) is 11.9. The molecule has 1 saturated heterocycles. The van der Waals surface area contributed by atoms with Gasteiger partial charge in [0.05, 0.1) is 11.8 Å². The number of halogens is 1. The number of nitriles is 1. The number of piperazine rings is 1. The predicted octanol–water partition coefficient (Wildman–Crippen LogP) is 3.47. The first kappa shape index (κ1) is 14.3. The van der Waals surface area contributed by atoms with E-state index in [0.717, 1.165) is 49.2 Å². The number of nitrogens with zero attached hydrogens (tertiary/aromatic N) is 3. The van der Waals surface area contributed by atoms with Crippen LogP contribution in [-0.4, -0.2) is 37.6 Å². The van der Waals surface area contributed by atoms with Gasteiger partial charge in [-0.05, 0) is 31.2 Å². The first-order valence-corrected chi connectivity index (χ1v) is 8.17. The smallest absolute Gasteiger partial charge is 0.124 e. The van der Waals surface area contributed by atoms with Crippen LogP contribution in [0.4, 0.5) is 10.1 Å². The molecule has 1 fully saturated rings. The molecule has 0 amide bonds. The van der Waals surface area contributed by atoms with Gasteiger partial charge in [0.2, 0.25) is 0 Å². The van der Waals surface area contributed by atoms with Gasteiger partial charge in [0.25, 0.3) is 0 Å². The van der Waals surface area contributed by atoms with Gasteiger partial charge in [-0.15, -0.1) is 11.3 Å². The van der Waals surface area contributed by atoms with Crippen molar-refractivity contribution in [2.75, 3.05) is 37.6 Å². The molecular formula is C16H18FN3S. The fraction of sp³-hybridized carbons (Fsp3) is 0.438. The van der Waals surface area contributed by atoms with Crippen molar-refractivity contribution in [1.29, 1.82) is 5.26 Å². The average molecular weight is 303 g/mol. The Morgan fingerprint density at radius 1 is 1.24 bits per heavy atom. The minimum absolute atomic E-state index is 0.168. The summed E-state index contributed by atoms with van der Waals surface area (Å²) < 4.78 is 14.3. The monoisotopic (exact) mass is 303 g/mol. The highest BCUT2D eigenvalue weighted by Gasteiger charge is 2.19. The molecule has 1 aliphatic heterocycles. The van der Waals surface area contributed by atoms with Gasteiger partial charge in [-0.3, -0.25) is 4.90 Å². The molecule has 0 atom stereocenters. The number of unbranched alkanes of at least 4 members (excludes halogenated alkanes) is 1. The molecule has 3 nitrogen and oxygen atoms in total. The maximum atomic E-state index is 13.3. The summed E-state index contributed by atoms with van der Waals surface area (Å²) in [4.78, 5) is 4.81. The molecule has 0 N–H and O–H groups in total. The van der Waals surface area contributed by atoms with Crippen LogP contribution in [0.3, 0.4) is 0 Å². The molecule has 1 aliphatic rings. The molecule has 0 radical (unpaired) electrons. The zero-order chi connectivity index (χ0) is 14.7. The summed E-state index contributed by atoms with van der Waals surface area (Å²) >= 11 is 1.61. The van der Waals surface area contributed by atoms with Crippen LogP contribution in [0.15, 0.2) is 23.6 Å². The number of anilines is 1. The molecule has 1 aromatic carbocycles. The predicted molar refractivity (Wildman–Crippen MR) is 85.3 cm³/mol. The molecule has 0 aliphatic carbocycles. The average Bonchev–Trinajstić information content (AvgIpc) is 2.91. The minimum atomic E-state index is -0.168. The number of rotatable bonds is 4. The van der Waals surface area contributed by atoms with Crippen LogP contribution >= 0.6 is 11.3 Å². The highest BCUT2D eigenvalue weighted by molar-refractivity contribution is 7.17. The number of fused-ring (bicyclic) bond motifs is 1. The third kappa shape index (κ3) is 3.17. The molecule has 1 aromatic heterocycles. The van der Waals surface area contributed by atoms with E-state index in [-0.39, 0.29) is 5.82 Å². The van der Waals surface area contributed by atoms with Crippen LogP contribution in [-0.2, 0) is 0 Å². The van der Waals surface area contributed by atoms with Crippen LogP contribution in [0.2, 0.25) is 0 Å². The molecule has 0 spiro atoms. The maximum absolute atomic E-state index is 13.3. The Balaban J connectivity index is 1.65. The fourth-order valence-electron chi connectivity index (χ4n) is 2.83. The van der Waals surface area contributed by atoms with E-state index in [0.29, 0.717) is 6.42 Å². The van der Waals surface area contributed by atoms with Crippen molar-refractivity contribution >= 4 is 27.1 Å². The molecule has 0 unspecified atom stereocenters. The van der Waals surface area contributed by atoms with Crippen LogP contribution in [0.25, 0.3) is 10.1 Å². The van der Waals surface area contributed by atoms with E-state index < -0.39 is 0 Å². The first-order valence-electron chi connectivity index (χ1n) is 7.29. The van der Waals surface area contributed by atoms with Crippen molar-refractivity contribution in [2.24, 2.45) is 0 Å². The molecule has 2 aromatic rings. The summed E-state index contributed by atoms with van der Waals surface area (Å²) in [5.74, 6) is -0.168. The zero-order valence-corrected chi connectivity index (χ0v) is 12.7. The van der Waals surface area contributed by atoms with Crippen molar-refractivity contribution in [1.82, 2.24) is 4.90 Å². The quantitative estimate of drug-likeness (QED) is 0.810. The normalized spacial score (nSPS) is 16.3. The number of thiophene rings is 1. The van der Waals surface area contributed by atoms with E-state index in [1.54, 1.807) is 17.4 Å². The second-order valence-corrected chi connectivity index (χ2v) is 6.26. The molecule has 21 heavy (non-hydrogen) atoms. The van der Waals surface area contributed by atoms with Gasteiger partial charge in [-0.25, -0.2) is 4.39 Å². The number of hydrogen-bond acceptors (Lipinski definition) is 4.